The quantitative estimate of drug-likeness (QED) is 0.277. The molecule has 2 amide bonds. The largest absolute Gasteiger partial charge is 0.416 e. The number of hydrogen-bond acceptors (Lipinski definition) is 3. The third-order valence-electron chi connectivity index (χ3n) is 5.81. The molecule has 0 spiro atoms. The topological polar surface area (TPSA) is 86.9 Å². The third-order valence-corrected chi connectivity index (χ3v) is 6.15. The summed E-state index contributed by atoms with van der Waals surface area (Å²) < 4.78 is 67.5. The van der Waals surface area contributed by atoms with Crippen LogP contribution in [-0.2, 0) is 6.18 Å². The van der Waals surface area contributed by atoms with E-state index in [1.54, 1.807) is 6.07 Å². The lowest BCUT2D eigenvalue weighted by Gasteiger charge is -2.19. The van der Waals surface area contributed by atoms with Crippen LogP contribution in [-0.4, -0.2) is 22.0 Å². The fraction of sp³-hybridized carbons (Fsp3) is 0.0800. The van der Waals surface area contributed by atoms with Crippen LogP contribution < -0.4 is 10.6 Å². The molecular formula is C25H14ClF5N4O2. The number of anilines is 1. The highest BCUT2D eigenvalue weighted by Gasteiger charge is 2.36. The second-order valence-electron chi connectivity index (χ2n) is 8.21. The normalized spacial score (nSPS) is 14.9. The molecule has 0 saturated carbocycles. The Morgan fingerprint density at radius 2 is 1.78 bits per heavy atom. The van der Waals surface area contributed by atoms with Gasteiger partial charge in [0.2, 0.25) is 0 Å². The van der Waals surface area contributed by atoms with Gasteiger partial charge in [-0.15, -0.1) is 0 Å². The van der Waals surface area contributed by atoms with Crippen LogP contribution in [0.1, 0.15) is 43.4 Å². The number of carbonyl (C=O) groups is 2. The number of aromatic nitrogens is 2. The number of nitrogens with zero attached hydrogens (tertiary/aromatic N) is 1. The minimum absolute atomic E-state index is 0.0218. The van der Waals surface area contributed by atoms with Crippen molar-refractivity contribution in [2.24, 2.45) is 0 Å². The van der Waals surface area contributed by atoms with E-state index in [2.05, 4.69) is 20.8 Å². The number of amides is 2. The molecule has 12 heteroatoms. The fourth-order valence-corrected chi connectivity index (χ4v) is 4.38. The molecule has 0 saturated heterocycles. The number of carbonyl (C=O) groups excluding carboxylic acids is 2. The molecule has 3 aromatic carbocycles. The summed E-state index contributed by atoms with van der Waals surface area (Å²) in [6.07, 6.45) is -3.42. The van der Waals surface area contributed by atoms with Crippen molar-refractivity contribution in [2.45, 2.75) is 12.2 Å². The predicted molar refractivity (Wildman–Crippen MR) is 124 cm³/mol. The first kappa shape index (κ1) is 24.4. The molecule has 0 aliphatic carbocycles. The van der Waals surface area contributed by atoms with Crippen LogP contribution >= 0.6 is 11.6 Å². The lowest BCUT2D eigenvalue weighted by atomic mass is 9.93. The maximum Gasteiger partial charge on any atom is 0.416 e. The Morgan fingerprint density at radius 1 is 1.00 bits per heavy atom. The Morgan fingerprint density at radius 3 is 2.49 bits per heavy atom. The zero-order valence-electron chi connectivity index (χ0n) is 18.4. The molecule has 5 rings (SSSR count). The van der Waals surface area contributed by atoms with Gasteiger partial charge in [-0.1, -0.05) is 11.6 Å². The molecule has 0 fully saturated rings. The van der Waals surface area contributed by atoms with Crippen molar-refractivity contribution in [3.8, 4) is 11.3 Å². The Labute approximate surface area is 210 Å². The van der Waals surface area contributed by atoms with Crippen molar-refractivity contribution in [1.82, 2.24) is 15.5 Å². The summed E-state index contributed by atoms with van der Waals surface area (Å²) in [4.78, 5) is 25.9. The molecule has 3 N–H and O–H groups in total. The van der Waals surface area contributed by atoms with E-state index in [1.807, 2.05) is 0 Å². The molecule has 0 bridgehead atoms. The maximum absolute atomic E-state index is 14.0. The van der Waals surface area contributed by atoms with Crippen molar-refractivity contribution < 1.29 is 31.5 Å². The first-order chi connectivity index (χ1) is 17.5. The van der Waals surface area contributed by atoms with Gasteiger partial charge in [-0.2, -0.15) is 18.3 Å². The van der Waals surface area contributed by atoms with Gasteiger partial charge in [0.25, 0.3) is 11.8 Å². The molecule has 1 aromatic heterocycles. The number of benzene rings is 3. The lowest BCUT2D eigenvalue weighted by molar-refractivity contribution is -0.137. The van der Waals surface area contributed by atoms with Crippen LogP contribution in [0.15, 0.2) is 60.8 Å². The van der Waals surface area contributed by atoms with Gasteiger partial charge in [0, 0.05) is 44.7 Å². The van der Waals surface area contributed by atoms with Crippen molar-refractivity contribution in [3.63, 3.8) is 0 Å². The van der Waals surface area contributed by atoms with Gasteiger partial charge in [-0.3, -0.25) is 14.7 Å². The minimum Gasteiger partial charge on any atom is -0.341 e. The zero-order chi connectivity index (χ0) is 26.5. The first-order valence-electron chi connectivity index (χ1n) is 10.6. The van der Waals surface area contributed by atoms with Gasteiger partial charge >= 0.3 is 6.18 Å². The van der Waals surface area contributed by atoms with Gasteiger partial charge in [0.05, 0.1) is 17.3 Å². The smallest absolute Gasteiger partial charge is 0.341 e. The number of hydrogen-bond donors (Lipinski definition) is 3. The summed E-state index contributed by atoms with van der Waals surface area (Å²) in [5, 5.41) is 11.9. The number of aromatic amines is 1. The average Bonchev–Trinajstić information content (AvgIpc) is 3.48. The van der Waals surface area contributed by atoms with E-state index in [1.165, 1.54) is 24.4 Å². The summed E-state index contributed by atoms with van der Waals surface area (Å²) in [7, 11) is 0. The summed E-state index contributed by atoms with van der Waals surface area (Å²) in [5.41, 5.74) is -0.492. The molecule has 188 valence electrons. The predicted octanol–water partition coefficient (Wildman–Crippen LogP) is 6.11. The Bertz CT molecular complexity index is 1550. The van der Waals surface area contributed by atoms with E-state index < -0.39 is 46.8 Å². The van der Waals surface area contributed by atoms with Crippen LogP contribution in [0.5, 0.6) is 0 Å². The monoisotopic (exact) mass is 532 g/mol. The summed E-state index contributed by atoms with van der Waals surface area (Å²) >= 11 is 6.27. The van der Waals surface area contributed by atoms with E-state index >= 15 is 0 Å². The van der Waals surface area contributed by atoms with Gasteiger partial charge in [-0.05, 0) is 54.6 Å². The number of rotatable bonds is 4. The molecule has 1 atom stereocenters. The van der Waals surface area contributed by atoms with Crippen LogP contribution in [0, 0.1) is 11.6 Å². The Kier molecular flexibility index (Phi) is 5.95. The summed E-state index contributed by atoms with van der Waals surface area (Å²) in [6, 6.07) is 8.61. The Balaban J connectivity index is 1.65. The SMILES string of the molecule is O=C(Nc1cc(-c2ccn[nH]2)cc2c1[C@H](c1cc(F)ccc1Cl)NC2=O)c1cc(F)cc(C(F)(F)F)c1. The highest BCUT2D eigenvalue weighted by molar-refractivity contribution is 6.31. The van der Waals surface area contributed by atoms with Crippen LogP contribution in [0.25, 0.3) is 11.3 Å². The Hall–Kier alpha value is -4.25. The zero-order valence-corrected chi connectivity index (χ0v) is 19.1. The van der Waals surface area contributed by atoms with Crippen molar-refractivity contribution >= 4 is 29.1 Å². The molecule has 4 aromatic rings. The van der Waals surface area contributed by atoms with E-state index in [0.29, 0.717) is 23.4 Å². The average molecular weight is 533 g/mol. The van der Waals surface area contributed by atoms with E-state index in [-0.39, 0.29) is 33.5 Å². The summed E-state index contributed by atoms with van der Waals surface area (Å²) in [5.74, 6) is -3.49. The molecule has 37 heavy (non-hydrogen) atoms. The molecule has 1 aliphatic rings. The molecule has 0 unspecified atom stereocenters. The fourth-order valence-electron chi connectivity index (χ4n) is 4.16. The van der Waals surface area contributed by atoms with E-state index in [9.17, 15) is 31.5 Å². The van der Waals surface area contributed by atoms with Crippen LogP contribution in [0.2, 0.25) is 5.02 Å². The van der Waals surface area contributed by atoms with Crippen LogP contribution in [0.3, 0.4) is 0 Å². The first-order valence-corrected chi connectivity index (χ1v) is 11.0. The van der Waals surface area contributed by atoms with E-state index in [4.69, 9.17) is 11.6 Å². The molecule has 0 radical (unpaired) electrons. The summed E-state index contributed by atoms with van der Waals surface area (Å²) in [6.45, 7) is 0. The molecule has 2 heterocycles. The van der Waals surface area contributed by atoms with Gasteiger partial charge in [0.1, 0.15) is 11.6 Å². The minimum atomic E-state index is -4.88. The highest BCUT2D eigenvalue weighted by atomic mass is 35.5. The number of H-pyrrole nitrogens is 1. The molecule has 6 nitrogen and oxygen atoms in total. The number of nitrogens with one attached hydrogen (secondary N) is 3. The van der Waals surface area contributed by atoms with Crippen LogP contribution in [0.4, 0.5) is 27.6 Å². The number of fused-ring (bicyclic) bond motifs is 1. The van der Waals surface area contributed by atoms with Gasteiger partial charge in [-0.25, -0.2) is 8.78 Å². The molecular weight excluding hydrogens is 519 g/mol. The number of alkyl halides is 3. The van der Waals surface area contributed by atoms with Gasteiger partial charge < -0.3 is 10.6 Å². The second kappa shape index (κ2) is 9.00. The molecule has 1 aliphatic heterocycles. The highest BCUT2D eigenvalue weighted by Crippen LogP contribution is 2.41. The van der Waals surface area contributed by atoms with E-state index in [0.717, 1.165) is 12.1 Å². The van der Waals surface area contributed by atoms with Crippen molar-refractivity contribution in [1.29, 1.82) is 0 Å². The standard InChI is InChI=1S/C25H14ClF5N4O2/c26-18-2-1-14(27)10-16(18)22-21-17(24(37)34-22)7-11(19-3-4-32-35-19)8-20(21)33-23(36)12-5-13(25(29,30)31)9-15(28)6-12/h1-10,22H,(H,32,35)(H,33,36)(H,34,37)/t22-/m0/s1. The second-order valence-corrected chi connectivity index (χ2v) is 8.62. The number of halogens is 6. The van der Waals surface area contributed by atoms with Crippen molar-refractivity contribution in [2.75, 3.05) is 5.32 Å². The maximum atomic E-state index is 14.0. The third kappa shape index (κ3) is 4.65. The van der Waals surface area contributed by atoms with Gasteiger partial charge in [0.15, 0.2) is 0 Å². The van der Waals surface area contributed by atoms with Crippen molar-refractivity contribution in [3.05, 3.63) is 105 Å². The lowest BCUT2D eigenvalue weighted by Crippen LogP contribution is -2.21.